The van der Waals surface area contributed by atoms with Gasteiger partial charge in [-0.15, -0.1) is 0 Å². The highest BCUT2D eigenvalue weighted by molar-refractivity contribution is 7.86. The zero-order chi connectivity index (χ0) is 28.5. The van der Waals surface area contributed by atoms with Crippen molar-refractivity contribution < 1.29 is 75.9 Å². The van der Waals surface area contributed by atoms with Crippen LogP contribution in [0.4, 0.5) is 43.9 Å². The monoisotopic (exact) mass is 558 g/mol. The van der Waals surface area contributed by atoms with E-state index in [9.17, 15) is 66.5 Å². The normalized spacial score (nSPS) is 15.8. The van der Waals surface area contributed by atoms with Gasteiger partial charge in [-0.3, -0.25) is 4.79 Å². The van der Waals surface area contributed by atoms with Gasteiger partial charge in [0.05, 0.1) is 6.61 Å². The molecule has 0 aromatic carbocycles. The highest BCUT2D eigenvalue weighted by atomic mass is 32.2. The van der Waals surface area contributed by atoms with Gasteiger partial charge < -0.3 is 19.3 Å². The van der Waals surface area contributed by atoms with Crippen LogP contribution in [0.15, 0.2) is 12.2 Å². The molecule has 0 bridgehead atoms. The third kappa shape index (κ3) is 7.92. The molecule has 1 amide bonds. The van der Waals surface area contributed by atoms with E-state index in [0.29, 0.717) is 0 Å². The SMILES string of the molecule is C=C(C(=O)OC(OCCCC(F)(F)C(F)(F)S(=O)(=O)[O-])(C(=O)NC(C)(C)C)C(F)(F)F)C(F)(F)F. The first kappa shape index (κ1) is 32.8. The summed E-state index contributed by atoms with van der Waals surface area (Å²) in [5.74, 6) is -15.8. The van der Waals surface area contributed by atoms with Crippen LogP contribution in [0.3, 0.4) is 0 Å². The van der Waals surface area contributed by atoms with E-state index < -0.39 is 81.9 Å². The van der Waals surface area contributed by atoms with E-state index in [-0.39, 0.29) is 0 Å². The van der Waals surface area contributed by atoms with Gasteiger partial charge in [0.25, 0.3) is 0 Å². The molecule has 0 aromatic heterocycles. The van der Waals surface area contributed by atoms with Gasteiger partial charge >= 0.3 is 41.2 Å². The second kappa shape index (κ2) is 10.1. The van der Waals surface area contributed by atoms with Crippen molar-refractivity contribution in [3.63, 3.8) is 0 Å². The lowest BCUT2D eigenvalue weighted by Gasteiger charge is -2.36. The smallest absolute Gasteiger partial charge is 0.466 e. The van der Waals surface area contributed by atoms with Gasteiger partial charge in [-0.05, 0) is 27.2 Å². The number of amides is 1. The Morgan fingerprint density at radius 2 is 1.40 bits per heavy atom. The van der Waals surface area contributed by atoms with Crippen LogP contribution in [0, 0.1) is 0 Å². The zero-order valence-electron chi connectivity index (χ0n) is 17.9. The summed E-state index contributed by atoms with van der Waals surface area (Å²) in [5.41, 5.74) is -4.09. The van der Waals surface area contributed by atoms with E-state index >= 15 is 0 Å². The quantitative estimate of drug-likeness (QED) is 0.109. The highest BCUT2D eigenvalue weighted by Crippen LogP contribution is 2.42. The van der Waals surface area contributed by atoms with E-state index in [4.69, 9.17) is 0 Å². The predicted octanol–water partition coefficient (Wildman–Crippen LogP) is 3.39. The van der Waals surface area contributed by atoms with Crippen molar-refractivity contribution in [3.05, 3.63) is 12.2 Å². The number of halogens is 10. The predicted molar refractivity (Wildman–Crippen MR) is 92.7 cm³/mol. The molecule has 0 saturated carbocycles. The number of alkyl halides is 10. The van der Waals surface area contributed by atoms with Crippen molar-refractivity contribution in [1.82, 2.24) is 5.32 Å². The maximum Gasteiger partial charge on any atom is 0.466 e. The summed E-state index contributed by atoms with van der Waals surface area (Å²) in [6, 6.07) is 0. The molecule has 0 heterocycles. The minimum absolute atomic E-state index is 1.08. The number of nitrogens with one attached hydrogen (secondary N) is 1. The third-order valence-electron chi connectivity index (χ3n) is 3.67. The fraction of sp³-hybridized carbons (Fsp3) is 0.750. The van der Waals surface area contributed by atoms with Gasteiger partial charge in [0.2, 0.25) is 0 Å². The molecule has 0 rings (SSSR count). The van der Waals surface area contributed by atoms with Crippen molar-refractivity contribution in [3.8, 4) is 0 Å². The van der Waals surface area contributed by atoms with E-state index in [0.717, 1.165) is 20.8 Å². The molecule has 0 saturated heterocycles. The van der Waals surface area contributed by atoms with Gasteiger partial charge in [-0.1, -0.05) is 6.58 Å². The van der Waals surface area contributed by atoms with Gasteiger partial charge in [-0.2, -0.15) is 43.9 Å². The van der Waals surface area contributed by atoms with E-state index in [2.05, 4.69) is 16.1 Å². The second-order valence-electron chi connectivity index (χ2n) is 7.81. The molecule has 0 aromatic rings. The number of rotatable bonds is 10. The van der Waals surface area contributed by atoms with Gasteiger partial charge in [0, 0.05) is 12.0 Å². The molecular weight excluding hydrogens is 540 g/mol. The number of carbonyl (C=O) groups is 2. The molecule has 1 N–H and O–H groups in total. The summed E-state index contributed by atoms with van der Waals surface area (Å²) in [4.78, 5) is 23.9. The first-order valence-electron chi connectivity index (χ1n) is 8.86. The fourth-order valence-corrected chi connectivity index (χ4v) is 2.45. The van der Waals surface area contributed by atoms with Crippen molar-refractivity contribution >= 4 is 22.0 Å². The van der Waals surface area contributed by atoms with E-state index in [1.54, 1.807) is 5.32 Å². The molecule has 19 heteroatoms. The molecular formula is C16H18F10NO7S-. The minimum atomic E-state index is -6.93. The molecule has 0 spiro atoms. The molecule has 0 aliphatic heterocycles. The lowest BCUT2D eigenvalue weighted by molar-refractivity contribution is -0.348. The maximum atomic E-state index is 13.8. The van der Waals surface area contributed by atoms with Crippen LogP contribution in [-0.4, -0.2) is 66.3 Å². The van der Waals surface area contributed by atoms with Crippen LogP contribution in [0.25, 0.3) is 0 Å². The Kier molecular flexibility index (Phi) is 9.46. The average Bonchev–Trinajstić information content (AvgIpc) is 2.58. The molecule has 8 nitrogen and oxygen atoms in total. The number of esters is 1. The second-order valence-corrected chi connectivity index (χ2v) is 9.23. The Hall–Kier alpha value is -2.15. The summed E-state index contributed by atoms with van der Waals surface area (Å²) in [6.45, 7) is 3.59. The lowest BCUT2D eigenvalue weighted by atomic mass is 10.1. The van der Waals surface area contributed by atoms with Crippen molar-refractivity contribution in [1.29, 1.82) is 0 Å². The first-order valence-corrected chi connectivity index (χ1v) is 10.3. The molecule has 0 aliphatic rings. The van der Waals surface area contributed by atoms with E-state index in [1.165, 1.54) is 0 Å². The Morgan fingerprint density at radius 1 is 0.943 bits per heavy atom. The molecule has 0 fully saturated rings. The van der Waals surface area contributed by atoms with Crippen LogP contribution in [-0.2, 0) is 29.2 Å². The molecule has 35 heavy (non-hydrogen) atoms. The van der Waals surface area contributed by atoms with E-state index in [1.807, 2.05) is 0 Å². The lowest BCUT2D eigenvalue weighted by Crippen LogP contribution is -2.64. The standard InChI is InChI=1S/C16H19F10NO7S/c1-8(14(19,20)21)9(28)34-13(15(22,23)24,10(29)27-11(2,3)4)33-7-5-6-12(17,18)16(25,26)35(30,31)32/h1,5-7H2,2-4H3,(H,27,29)(H,30,31,32)/p-1. The summed E-state index contributed by atoms with van der Waals surface area (Å²) >= 11 is 0. The number of ether oxygens (including phenoxy) is 2. The number of hydrogen-bond donors (Lipinski definition) is 1. The van der Waals surface area contributed by atoms with Crippen molar-refractivity contribution in [2.45, 2.75) is 68.5 Å². The topological polar surface area (TPSA) is 122 Å². The number of carbonyl (C=O) groups excluding carboxylic acids is 2. The Bertz CT molecular complexity index is 922. The van der Waals surface area contributed by atoms with Gasteiger partial charge in [-0.25, -0.2) is 13.2 Å². The summed E-state index contributed by atoms with van der Waals surface area (Å²) in [7, 11) is -6.93. The Balaban J connectivity index is 6.13. The average molecular weight is 558 g/mol. The molecule has 1 unspecified atom stereocenters. The molecule has 1 atom stereocenters. The van der Waals surface area contributed by atoms with Crippen LogP contribution in [0.1, 0.15) is 33.6 Å². The Labute approximate surface area is 191 Å². The number of hydrogen-bond acceptors (Lipinski definition) is 7. The van der Waals surface area contributed by atoms with Gasteiger partial charge in [0.1, 0.15) is 5.57 Å². The van der Waals surface area contributed by atoms with Crippen LogP contribution in [0.2, 0.25) is 0 Å². The molecule has 0 radical (unpaired) electrons. The van der Waals surface area contributed by atoms with Crippen LogP contribution < -0.4 is 5.32 Å². The highest BCUT2D eigenvalue weighted by Gasteiger charge is 2.67. The fourth-order valence-electron chi connectivity index (χ4n) is 1.98. The first-order chi connectivity index (χ1) is 15.1. The minimum Gasteiger partial charge on any atom is -0.743 e. The van der Waals surface area contributed by atoms with Crippen LogP contribution in [0.5, 0.6) is 0 Å². The van der Waals surface area contributed by atoms with Gasteiger partial charge in [0.15, 0.2) is 10.1 Å². The zero-order valence-corrected chi connectivity index (χ0v) is 18.7. The molecule has 206 valence electrons. The largest absolute Gasteiger partial charge is 0.743 e. The summed E-state index contributed by atoms with van der Waals surface area (Å²) < 4.78 is 171. The van der Waals surface area contributed by atoms with Crippen molar-refractivity contribution in [2.75, 3.05) is 6.61 Å². The third-order valence-corrected chi connectivity index (χ3v) is 4.59. The summed E-state index contributed by atoms with van der Waals surface area (Å²) in [5, 5.41) is -4.60. The Morgan fingerprint density at radius 3 is 1.74 bits per heavy atom. The summed E-state index contributed by atoms with van der Waals surface area (Å²) in [6.07, 6.45) is -15.7. The maximum absolute atomic E-state index is 13.8. The van der Waals surface area contributed by atoms with Crippen LogP contribution >= 0.6 is 0 Å². The molecule has 0 aliphatic carbocycles. The van der Waals surface area contributed by atoms with Crippen molar-refractivity contribution in [2.24, 2.45) is 0 Å².